The lowest BCUT2D eigenvalue weighted by Crippen LogP contribution is -1.82. The third-order valence-corrected chi connectivity index (χ3v) is 0.593. The van der Waals surface area contributed by atoms with E-state index in [0.29, 0.717) is 5.71 Å². The molecule has 0 rings (SSSR count). The third kappa shape index (κ3) is 5.15. The van der Waals surface area contributed by atoms with Gasteiger partial charge in [-0.3, -0.25) is 0 Å². The molecule has 0 aromatic carbocycles. The van der Waals surface area contributed by atoms with Crippen molar-refractivity contribution in [2.24, 2.45) is 0 Å². The predicted octanol–water partition coefficient (Wildman–Crippen LogP) is 1.97. The Morgan fingerprint density at radius 3 is 2.50 bits per heavy atom. The van der Waals surface area contributed by atoms with E-state index in [1.165, 1.54) is 0 Å². The molecule has 1 heteroatoms. The average Bonchev–Trinajstić information content (AvgIpc) is 1.66. The van der Waals surface area contributed by atoms with Crippen LogP contribution in [-0.2, 0) is 0 Å². The molecule has 8 heavy (non-hydrogen) atoms. The lowest BCUT2D eigenvalue weighted by atomic mass is 10.3. The summed E-state index contributed by atoms with van der Waals surface area (Å²) in [4.78, 5) is 0. The Bertz CT molecular complexity index is 112. The number of rotatable bonds is 3. The lowest BCUT2D eigenvalue weighted by molar-refractivity contribution is 1.47. The summed E-state index contributed by atoms with van der Waals surface area (Å²) >= 11 is 0. The molecular formula is C7H10N. The Morgan fingerprint density at radius 1 is 1.50 bits per heavy atom. The summed E-state index contributed by atoms with van der Waals surface area (Å²) in [7, 11) is 0. The molecule has 0 aromatic heterocycles. The van der Waals surface area contributed by atoms with Crippen LogP contribution in [0.3, 0.4) is 0 Å². The maximum atomic E-state index is 6.93. The van der Waals surface area contributed by atoms with E-state index >= 15 is 0 Å². The Morgan fingerprint density at radius 2 is 2.12 bits per heavy atom. The summed E-state index contributed by atoms with van der Waals surface area (Å²) in [6.45, 7) is 5.21. The molecule has 0 fully saturated rings. The molecule has 0 unspecified atom stereocenters. The highest BCUT2D eigenvalue weighted by molar-refractivity contribution is 5.89. The Balaban J connectivity index is 3.29. The van der Waals surface area contributed by atoms with Crippen LogP contribution in [0.4, 0.5) is 0 Å². The second-order valence-corrected chi connectivity index (χ2v) is 1.47. The molecule has 1 N–H and O–H groups in total. The van der Waals surface area contributed by atoms with E-state index in [9.17, 15) is 0 Å². The Labute approximate surface area is 50.2 Å². The highest BCUT2D eigenvalue weighted by atomic mass is 14.4. The van der Waals surface area contributed by atoms with E-state index in [2.05, 4.69) is 6.58 Å². The smallest absolute Gasteiger partial charge is 0.0261 e. The largest absolute Gasteiger partial charge is 0.309 e. The monoisotopic (exact) mass is 108 g/mol. The number of hydrogen-bond donors (Lipinski definition) is 1. The van der Waals surface area contributed by atoms with Gasteiger partial charge < -0.3 is 5.41 Å². The molecule has 0 saturated heterocycles. The second kappa shape index (κ2) is 4.31. The van der Waals surface area contributed by atoms with Gasteiger partial charge in [-0.05, 0) is 6.92 Å². The van der Waals surface area contributed by atoms with Crippen molar-refractivity contribution >= 4 is 5.71 Å². The van der Waals surface area contributed by atoms with Crippen LogP contribution in [0.1, 0.15) is 6.92 Å². The molecule has 0 aliphatic heterocycles. The van der Waals surface area contributed by atoms with E-state index in [4.69, 9.17) is 5.41 Å². The molecule has 0 heterocycles. The van der Waals surface area contributed by atoms with Gasteiger partial charge in [0.1, 0.15) is 0 Å². The maximum absolute atomic E-state index is 6.93. The number of allylic oxidation sites excluding steroid dienone is 3. The van der Waals surface area contributed by atoms with Crippen LogP contribution in [-0.4, -0.2) is 5.71 Å². The first kappa shape index (κ1) is 7.15. The SMILES string of the molecule is C=C/C=C\[CH]C(C)=N. The molecule has 0 atom stereocenters. The van der Waals surface area contributed by atoms with Crippen LogP contribution in [0.5, 0.6) is 0 Å². The van der Waals surface area contributed by atoms with Gasteiger partial charge in [-0.2, -0.15) is 0 Å². The quantitative estimate of drug-likeness (QED) is 0.422. The first-order valence-corrected chi connectivity index (χ1v) is 2.45. The zero-order chi connectivity index (χ0) is 6.41. The van der Waals surface area contributed by atoms with E-state index in [-0.39, 0.29) is 0 Å². The molecule has 0 spiro atoms. The van der Waals surface area contributed by atoms with Crippen LogP contribution in [0.15, 0.2) is 24.8 Å². The van der Waals surface area contributed by atoms with Gasteiger partial charge in [-0.15, -0.1) is 0 Å². The standard InChI is InChI=1S/C7H10N/c1-3-4-5-6-7(2)8/h3-6,8H,1H2,2H3/b5-4-,8-7?. The fourth-order valence-corrected chi connectivity index (χ4v) is 0.278. The Kier molecular flexibility index (Phi) is 3.85. The topological polar surface area (TPSA) is 23.9 Å². The van der Waals surface area contributed by atoms with Crippen molar-refractivity contribution in [1.29, 1.82) is 5.41 Å². The van der Waals surface area contributed by atoms with Crippen LogP contribution in [0, 0.1) is 11.8 Å². The molecule has 0 aliphatic carbocycles. The van der Waals surface area contributed by atoms with Gasteiger partial charge in [0.05, 0.1) is 0 Å². The van der Waals surface area contributed by atoms with Gasteiger partial charge in [-0.1, -0.05) is 24.8 Å². The van der Waals surface area contributed by atoms with Crippen molar-refractivity contribution in [2.75, 3.05) is 0 Å². The highest BCUT2D eigenvalue weighted by Gasteiger charge is 1.77. The van der Waals surface area contributed by atoms with Crippen LogP contribution in [0.2, 0.25) is 0 Å². The number of hydrogen-bond acceptors (Lipinski definition) is 1. The van der Waals surface area contributed by atoms with Crippen molar-refractivity contribution in [3.05, 3.63) is 31.2 Å². The fourth-order valence-electron chi connectivity index (χ4n) is 0.278. The molecule has 0 aliphatic rings. The molecule has 0 saturated carbocycles. The summed E-state index contributed by atoms with van der Waals surface area (Å²) in [6.07, 6.45) is 6.97. The zero-order valence-electron chi connectivity index (χ0n) is 5.02. The summed E-state index contributed by atoms with van der Waals surface area (Å²) in [5.41, 5.74) is 0.558. The van der Waals surface area contributed by atoms with Crippen LogP contribution < -0.4 is 0 Å². The van der Waals surface area contributed by atoms with Crippen molar-refractivity contribution in [1.82, 2.24) is 0 Å². The van der Waals surface area contributed by atoms with Crippen molar-refractivity contribution in [3.8, 4) is 0 Å². The summed E-state index contributed by atoms with van der Waals surface area (Å²) in [6, 6.07) is 0. The van der Waals surface area contributed by atoms with Gasteiger partial charge in [0.25, 0.3) is 0 Å². The van der Waals surface area contributed by atoms with Crippen LogP contribution >= 0.6 is 0 Å². The highest BCUT2D eigenvalue weighted by Crippen LogP contribution is 1.82. The minimum absolute atomic E-state index is 0.558. The second-order valence-electron chi connectivity index (χ2n) is 1.47. The Hall–Kier alpha value is -0.850. The molecule has 0 amide bonds. The van der Waals surface area contributed by atoms with Gasteiger partial charge in [0.2, 0.25) is 0 Å². The van der Waals surface area contributed by atoms with Gasteiger partial charge in [0.15, 0.2) is 0 Å². The predicted molar refractivity (Wildman–Crippen MR) is 37.0 cm³/mol. The molecule has 1 radical (unpaired) electrons. The minimum atomic E-state index is 0.558. The third-order valence-electron chi connectivity index (χ3n) is 0.593. The van der Waals surface area contributed by atoms with Crippen molar-refractivity contribution in [3.63, 3.8) is 0 Å². The van der Waals surface area contributed by atoms with E-state index in [1.54, 1.807) is 31.6 Å². The average molecular weight is 108 g/mol. The number of nitrogens with one attached hydrogen (secondary N) is 1. The van der Waals surface area contributed by atoms with E-state index < -0.39 is 0 Å². The first-order valence-electron chi connectivity index (χ1n) is 2.45. The summed E-state index contributed by atoms with van der Waals surface area (Å²) < 4.78 is 0. The minimum Gasteiger partial charge on any atom is -0.309 e. The summed E-state index contributed by atoms with van der Waals surface area (Å²) in [5, 5.41) is 6.93. The van der Waals surface area contributed by atoms with E-state index in [0.717, 1.165) is 0 Å². The van der Waals surface area contributed by atoms with E-state index in [1.807, 2.05) is 0 Å². The van der Waals surface area contributed by atoms with Gasteiger partial charge in [0, 0.05) is 12.1 Å². The summed E-state index contributed by atoms with van der Waals surface area (Å²) in [5.74, 6) is 0. The molecule has 0 bridgehead atoms. The lowest BCUT2D eigenvalue weighted by Gasteiger charge is -1.82. The normalized spacial score (nSPS) is 9.62. The molecular weight excluding hydrogens is 98.1 g/mol. The molecule has 1 nitrogen and oxygen atoms in total. The van der Waals surface area contributed by atoms with Crippen molar-refractivity contribution < 1.29 is 0 Å². The zero-order valence-corrected chi connectivity index (χ0v) is 5.02. The van der Waals surface area contributed by atoms with Gasteiger partial charge in [-0.25, -0.2) is 0 Å². The first-order chi connectivity index (χ1) is 3.77. The fraction of sp³-hybridized carbons (Fsp3) is 0.143. The molecule has 43 valence electrons. The van der Waals surface area contributed by atoms with Crippen LogP contribution in [0.25, 0.3) is 0 Å². The van der Waals surface area contributed by atoms with Crippen molar-refractivity contribution in [2.45, 2.75) is 6.92 Å². The molecule has 0 aromatic rings. The maximum Gasteiger partial charge on any atom is 0.0261 e. The van der Waals surface area contributed by atoms with Gasteiger partial charge >= 0.3 is 0 Å².